The van der Waals surface area contributed by atoms with Crippen LogP contribution in [-0.2, 0) is 13.0 Å². The molecule has 0 bridgehead atoms. The van der Waals surface area contributed by atoms with E-state index in [-0.39, 0.29) is 0 Å². The van der Waals surface area contributed by atoms with Crippen molar-refractivity contribution in [2.24, 2.45) is 0 Å². The number of hydrogen-bond acceptors (Lipinski definition) is 1. The molecule has 0 aliphatic rings. The Morgan fingerprint density at radius 1 is 1.26 bits per heavy atom. The molecule has 3 nitrogen and oxygen atoms in total. The van der Waals surface area contributed by atoms with Gasteiger partial charge >= 0.3 is 5.97 Å². The number of aromatic nitrogens is 1. The summed E-state index contributed by atoms with van der Waals surface area (Å²) in [5.41, 5.74) is 5.18. The van der Waals surface area contributed by atoms with Crippen molar-refractivity contribution >= 4 is 16.9 Å². The molecule has 2 rings (SSSR count). The van der Waals surface area contributed by atoms with Crippen LogP contribution in [0.4, 0.5) is 0 Å². The number of carboxylic acid groups (broad SMARTS) is 1. The fraction of sp³-hybridized carbons (Fsp3) is 0.438. The largest absolute Gasteiger partial charge is 0.478 e. The topological polar surface area (TPSA) is 42.2 Å². The highest BCUT2D eigenvalue weighted by molar-refractivity contribution is 5.97. The number of aromatic carboxylic acids is 1. The van der Waals surface area contributed by atoms with E-state index < -0.39 is 5.97 Å². The molecule has 102 valence electrons. The van der Waals surface area contributed by atoms with Crippen molar-refractivity contribution < 1.29 is 9.90 Å². The van der Waals surface area contributed by atoms with Gasteiger partial charge in [-0.3, -0.25) is 0 Å². The van der Waals surface area contributed by atoms with E-state index in [0.717, 1.165) is 30.3 Å². The number of rotatable bonds is 4. The molecule has 19 heavy (non-hydrogen) atoms. The van der Waals surface area contributed by atoms with E-state index in [2.05, 4.69) is 25.3 Å². The number of hydrogen-bond donors (Lipinski definition) is 1. The molecule has 2 aromatic rings. The molecule has 0 aliphatic carbocycles. The SMILES string of the molecule is CCCc1c(C)n(CC)c2c(C)cc(C(=O)O)cc12. The molecule has 3 heteroatoms. The molecule has 0 unspecified atom stereocenters. The van der Waals surface area contributed by atoms with Gasteiger partial charge in [0.05, 0.1) is 11.1 Å². The maximum absolute atomic E-state index is 11.2. The lowest BCUT2D eigenvalue weighted by Crippen LogP contribution is -2.00. The molecule has 0 aliphatic heterocycles. The Kier molecular flexibility index (Phi) is 3.65. The van der Waals surface area contributed by atoms with Gasteiger partial charge in [0.25, 0.3) is 0 Å². The zero-order valence-corrected chi connectivity index (χ0v) is 12.1. The molecular weight excluding hydrogens is 238 g/mol. The van der Waals surface area contributed by atoms with E-state index in [1.165, 1.54) is 16.8 Å². The van der Waals surface area contributed by atoms with Gasteiger partial charge in [0.2, 0.25) is 0 Å². The molecule has 0 saturated carbocycles. The summed E-state index contributed by atoms with van der Waals surface area (Å²) in [5.74, 6) is -0.852. The molecule has 1 N–H and O–H groups in total. The summed E-state index contributed by atoms with van der Waals surface area (Å²) >= 11 is 0. The van der Waals surface area contributed by atoms with Crippen LogP contribution in [0.1, 0.15) is 47.4 Å². The maximum Gasteiger partial charge on any atom is 0.335 e. The molecule has 0 radical (unpaired) electrons. The van der Waals surface area contributed by atoms with Gasteiger partial charge in [0.15, 0.2) is 0 Å². The number of carbonyl (C=O) groups is 1. The second kappa shape index (κ2) is 5.08. The molecule has 0 amide bonds. The van der Waals surface area contributed by atoms with Gasteiger partial charge in [0, 0.05) is 17.6 Å². The summed E-state index contributed by atoms with van der Waals surface area (Å²) < 4.78 is 2.29. The summed E-state index contributed by atoms with van der Waals surface area (Å²) in [7, 11) is 0. The number of fused-ring (bicyclic) bond motifs is 1. The number of aryl methyl sites for hydroxylation is 3. The fourth-order valence-corrected chi connectivity index (χ4v) is 2.98. The van der Waals surface area contributed by atoms with Crippen LogP contribution in [0.15, 0.2) is 12.1 Å². The minimum Gasteiger partial charge on any atom is -0.478 e. The van der Waals surface area contributed by atoms with Crippen molar-refractivity contribution in [3.05, 3.63) is 34.5 Å². The van der Waals surface area contributed by atoms with Crippen LogP contribution in [0, 0.1) is 13.8 Å². The monoisotopic (exact) mass is 259 g/mol. The predicted octanol–water partition coefficient (Wildman–Crippen LogP) is 3.93. The first-order valence-electron chi connectivity index (χ1n) is 6.86. The van der Waals surface area contributed by atoms with E-state index in [1.54, 1.807) is 6.07 Å². The van der Waals surface area contributed by atoms with Crippen molar-refractivity contribution in [1.82, 2.24) is 4.57 Å². The lowest BCUT2D eigenvalue weighted by molar-refractivity contribution is 0.0697. The van der Waals surface area contributed by atoms with Crippen LogP contribution in [-0.4, -0.2) is 15.6 Å². The average Bonchev–Trinajstić information content (AvgIpc) is 2.63. The molecule has 0 spiro atoms. The molecule has 1 aromatic carbocycles. The van der Waals surface area contributed by atoms with Crippen molar-refractivity contribution in [2.45, 2.75) is 47.1 Å². The molecule has 1 heterocycles. The summed E-state index contributed by atoms with van der Waals surface area (Å²) in [6.07, 6.45) is 2.07. The molecule has 0 atom stereocenters. The van der Waals surface area contributed by atoms with Crippen molar-refractivity contribution in [3.8, 4) is 0 Å². The highest BCUT2D eigenvalue weighted by Crippen LogP contribution is 2.30. The summed E-state index contributed by atoms with van der Waals surface area (Å²) in [6, 6.07) is 3.60. The number of carboxylic acids is 1. The maximum atomic E-state index is 11.2. The van der Waals surface area contributed by atoms with Gasteiger partial charge in [-0.1, -0.05) is 13.3 Å². The first kappa shape index (κ1) is 13.7. The van der Waals surface area contributed by atoms with E-state index in [4.69, 9.17) is 0 Å². The first-order valence-corrected chi connectivity index (χ1v) is 6.86. The average molecular weight is 259 g/mol. The fourth-order valence-electron chi connectivity index (χ4n) is 2.98. The van der Waals surface area contributed by atoms with Crippen molar-refractivity contribution in [2.75, 3.05) is 0 Å². The van der Waals surface area contributed by atoms with Gasteiger partial charge in [-0.2, -0.15) is 0 Å². The summed E-state index contributed by atoms with van der Waals surface area (Å²) in [4.78, 5) is 11.2. The normalized spacial score (nSPS) is 11.2. The number of benzene rings is 1. The third kappa shape index (κ3) is 2.14. The van der Waals surface area contributed by atoms with Crippen molar-refractivity contribution in [1.29, 1.82) is 0 Å². The van der Waals surface area contributed by atoms with Gasteiger partial charge in [0.1, 0.15) is 0 Å². The molecule has 1 aromatic heterocycles. The Balaban J connectivity index is 2.85. The molecular formula is C16H21NO2. The quantitative estimate of drug-likeness (QED) is 0.904. The van der Waals surface area contributed by atoms with E-state index in [1.807, 2.05) is 13.0 Å². The Bertz CT molecular complexity index is 638. The Labute approximate surface area is 113 Å². The Hall–Kier alpha value is -1.77. The van der Waals surface area contributed by atoms with Crippen LogP contribution in [0.3, 0.4) is 0 Å². The summed E-state index contributed by atoms with van der Waals surface area (Å²) in [6.45, 7) is 9.33. The third-order valence-corrected chi connectivity index (χ3v) is 3.80. The zero-order valence-electron chi connectivity index (χ0n) is 12.1. The minimum atomic E-state index is -0.852. The lowest BCUT2D eigenvalue weighted by atomic mass is 10.0. The standard InChI is InChI=1S/C16H21NO2/c1-5-7-13-11(4)17(6-2)15-10(3)8-12(16(18)19)9-14(13)15/h8-9H,5-7H2,1-4H3,(H,18,19). The second-order valence-electron chi connectivity index (χ2n) is 5.05. The Morgan fingerprint density at radius 3 is 2.47 bits per heavy atom. The highest BCUT2D eigenvalue weighted by Gasteiger charge is 2.16. The third-order valence-electron chi connectivity index (χ3n) is 3.80. The van der Waals surface area contributed by atoms with Gasteiger partial charge in [-0.15, -0.1) is 0 Å². The van der Waals surface area contributed by atoms with Crippen LogP contribution < -0.4 is 0 Å². The first-order chi connectivity index (χ1) is 9.01. The second-order valence-corrected chi connectivity index (χ2v) is 5.05. The van der Waals surface area contributed by atoms with Gasteiger partial charge in [-0.05, 0) is 50.5 Å². The van der Waals surface area contributed by atoms with Crippen LogP contribution in [0.25, 0.3) is 10.9 Å². The van der Waals surface area contributed by atoms with E-state index in [0.29, 0.717) is 5.56 Å². The zero-order chi connectivity index (χ0) is 14.2. The lowest BCUT2D eigenvalue weighted by Gasteiger charge is -2.07. The van der Waals surface area contributed by atoms with Crippen molar-refractivity contribution in [3.63, 3.8) is 0 Å². The molecule has 0 saturated heterocycles. The predicted molar refractivity (Wildman–Crippen MR) is 78.0 cm³/mol. The smallest absolute Gasteiger partial charge is 0.335 e. The van der Waals surface area contributed by atoms with Crippen LogP contribution in [0.2, 0.25) is 0 Å². The summed E-state index contributed by atoms with van der Waals surface area (Å²) in [5, 5.41) is 10.3. The number of nitrogens with zero attached hydrogens (tertiary/aromatic N) is 1. The molecule has 0 fully saturated rings. The highest BCUT2D eigenvalue weighted by atomic mass is 16.4. The van der Waals surface area contributed by atoms with Gasteiger partial charge in [-0.25, -0.2) is 4.79 Å². The Morgan fingerprint density at radius 2 is 1.95 bits per heavy atom. The van der Waals surface area contributed by atoms with Crippen LogP contribution >= 0.6 is 0 Å². The van der Waals surface area contributed by atoms with Gasteiger partial charge < -0.3 is 9.67 Å². The van der Waals surface area contributed by atoms with E-state index in [9.17, 15) is 9.90 Å². The van der Waals surface area contributed by atoms with Crippen LogP contribution in [0.5, 0.6) is 0 Å². The minimum absolute atomic E-state index is 0.385. The van der Waals surface area contributed by atoms with E-state index >= 15 is 0 Å².